The zero-order valence-corrected chi connectivity index (χ0v) is 0. The molecule has 0 aliphatic heterocycles. The second-order valence-electron chi connectivity index (χ2n) is 0. The smallest absolute Gasteiger partial charge is 0.0776 e. The summed E-state index contributed by atoms with van der Waals surface area (Å²) in [6.45, 7) is 0. The van der Waals surface area contributed by atoms with Gasteiger partial charge in [-0.25, -0.2) is 0 Å². The van der Waals surface area contributed by atoms with Crippen LogP contribution in [0.1, 0.15) is 141 Å². The molecule has 0 unspecified atom stereocenters. The lowest BCUT2D eigenvalue weighted by molar-refractivity contribution is 2.50. The molecule has 0 nitrogen and oxygen atoms in total. The maximum absolute atomic E-state index is 0. The second kappa shape index (κ2) is 0. The summed E-state index contributed by atoms with van der Waals surface area (Å²) in [5.74, 6) is 0. The zero-order chi connectivity index (χ0) is 0. The first-order valence-electron chi connectivity index (χ1n) is 0. The molecule has 0 N–H and O–H groups in total. The Hall–Kier alpha value is 0. The first-order chi connectivity index (χ1) is 0. The monoisotopic (exact) mass is 305 g/mol. The average molecular weight is 305 g/mol. The van der Waals surface area contributed by atoms with E-state index in [0.29, 0.717) is 0 Å². The van der Waals surface area contributed by atoms with E-state index in [9.17, 15) is 0 Å². The summed E-state index contributed by atoms with van der Waals surface area (Å²) in [7, 11) is 0. The summed E-state index contributed by atoms with van der Waals surface area (Å²) in [5.41, 5.74) is 0. The highest BCUT2D eigenvalue weighted by molar-refractivity contribution is 2.52. The Balaban J connectivity index is 0. The third-order valence-corrected chi connectivity index (χ3v) is 0. The molecule has 0 radical (unpaired) electrons. The normalized spacial score (nSPS) is 0. The first kappa shape index (κ1) is 0. The fraction of sp³-hybridized carbons (Fsp3) is 1.00. The molecule has 0 saturated carbocycles. The van der Waals surface area contributed by atoms with Crippen LogP contribution in [-0.4, -0.2) is 0 Å². The molecule has 0 aromatic carbocycles. The predicted molar refractivity (Wildman–Crippen MR) is 128 cm³/mol. The van der Waals surface area contributed by atoms with Crippen LogP contribution in [0.15, 0.2) is 0 Å². The predicted octanol–water partition coefficient (Wildman–Crippen LogP) is 12.1. The lowest BCUT2D eigenvalue weighted by Crippen LogP contribution is 0.143. The van der Waals surface area contributed by atoms with E-state index in [2.05, 4.69) is 0 Å². The summed E-state index contributed by atoms with van der Waals surface area (Å²) in [4.78, 5) is 0. The minimum atomic E-state index is 0. The van der Waals surface area contributed by atoms with E-state index in [0.717, 1.165) is 0 Å². The van der Waals surface area contributed by atoms with Gasteiger partial charge in [-0.3, -0.25) is 0 Å². The SMILES string of the molecule is C.C.C.C.C.C.C.C.C.C.C.C.C.C.C.C.C.C.C. The Morgan fingerprint density at radius 2 is 0.0526 bits per heavy atom. The van der Waals surface area contributed by atoms with Gasteiger partial charge in [-0.05, 0) is 0 Å². The van der Waals surface area contributed by atoms with E-state index in [1.807, 2.05) is 0 Å². The van der Waals surface area contributed by atoms with Crippen LogP contribution < -0.4 is 0 Å². The van der Waals surface area contributed by atoms with Crippen LogP contribution in [0.3, 0.4) is 0 Å². The number of rotatable bonds is 0. The van der Waals surface area contributed by atoms with Crippen molar-refractivity contribution in [3.8, 4) is 0 Å². The van der Waals surface area contributed by atoms with Crippen molar-refractivity contribution in [2.24, 2.45) is 0 Å². The van der Waals surface area contributed by atoms with Crippen LogP contribution in [0.4, 0.5) is 0 Å². The quantitative estimate of drug-likeness (QED) is 0.417. The zero-order valence-electron chi connectivity index (χ0n) is 0. The molecule has 0 aromatic heterocycles. The van der Waals surface area contributed by atoms with Crippen LogP contribution in [0.2, 0.25) is 0 Å². The molecule has 152 valence electrons. The van der Waals surface area contributed by atoms with Crippen LogP contribution in [0.5, 0.6) is 0 Å². The summed E-state index contributed by atoms with van der Waals surface area (Å²) >= 11 is 0. The number of hydrogen-bond donors (Lipinski definition) is 0. The van der Waals surface area contributed by atoms with Gasteiger partial charge in [-0.15, -0.1) is 0 Å². The Bertz CT molecular complexity index is 0. The molecule has 0 aromatic rings. The molecule has 0 aliphatic rings. The Morgan fingerprint density at radius 1 is 0.0526 bits per heavy atom. The van der Waals surface area contributed by atoms with Gasteiger partial charge < -0.3 is 0 Å². The summed E-state index contributed by atoms with van der Waals surface area (Å²) in [6.07, 6.45) is 0. The molecular weight excluding hydrogens is 228 g/mol. The van der Waals surface area contributed by atoms with E-state index in [4.69, 9.17) is 0 Å². The van der Waals surface area contributed by atoms with Gasteiger partial charge in [0.2, 0.25) is 0 Å². The van der Waals surface area contributed by atoms with Crippen molar-refractivity contribution >= 4 is 0 Å². The van der Waals surface area contributed by atoms with Crippen LogP contribution in [0.25, 0.3) is 0 Å². The highest BCUT2D eigenvalue weighted by Crippen LogP contribution is 0.162. The van der Waals surface area contributed by atoms with Crippen LogP contribution >= 0.6 is 0 Å². The van der Waals surface area contributed by atoms with Crippen molar-refractivity contribution in [1.82, 2.24) is 0 Å². The van der Waals surface area contributed by atoms with E-state index < -0.39 is 0 Å². The van der Waals surface area contributed by atoms with Crippen molar-refractivity contribution < 1.29 is 0 Å². The minimum Gasteiger partial charge on any atom is -0.0776 e. The van der Waals surface area contributed by atoms with Gasteiger partial charge in [0.05, 0.1) is 0 Å². The second-order valence-corrected chi connectivity index (χ2v) is 0. The maximum Gasteiger partial charge on any atom is -0.0776 e. The molecular formula is C19H76. The van der Waals surface area contributed by atoms with Crippen LogP contribution in [-0.2, 0) is 0 Å². The molecule has 0 aliphatic carbocycles. The molecule has 0 fully saturated rings. The Labute approximate surface area is 141 Å². The fourth-order valence-electron chi connectivity index (χ4n) is 0. The van der Waals surface area contributed by atoms with E-state index in [1.165, 1.54) is 0 Å². The van der Waals surface area contributed by atoms with Gasteiger partial charge in [0.15, 0.2) is 0 Å². The largest absolute Gasteiger partial charge is 0.0776 e. The van der Waals surface area contributed by atoms with Gasteiger partial charge in [-0.2, -0.15) is 0 Å². The summed E-state index contributed by atoms with van der Waals surface area (Å²) < 4.78 is 0. The van der Waals surface area contributed by atoms with Gasteiger partial charge in [0, 0.05) is 0 Å². The van der Waals surface area contributed by atoms with E-state index >= 15 is 0 Å². The number of hydrogen-bond acceptors (Lipinski definition) is 0. The van der Waals surface area contributed by atoms with Gasteiger partial charge in [-0.1, -0.05) is 141 Å². The third kappa shape index (κ3) is 0. The standard InChI is InChI=1S/19CH4/h19*1H4. The molecule has 0 saturated heterocycles. The minimum absolute atomic E-state index is 0. The molecule has 19 heavy (non-hydrogen) atoms. The molecule has 0 spiro atoms. The topological polar surface area (TPSA) is 0 Å². The average Bonchev–Trinajstić information content (AvgIpc) is 0. The molecule has 0 heterocycles. The first-order valence-corrected chi connectivity index (χ1v) is 0. The molecule has 0 amide bonds. The van der Waals surface area contributed by atoms with Gasteiger partial charge >= 0.3 is 0 Å². The van der Waals surface area contributed by atoms with E-state index in [1.54, 1.807) is 0 Å². The molecule has 0 heteroatoms. The van der Waals surface area contributed by atoms with Crippen LogP contribution in [0, 0.1) is 0 Å². The highest BCUT2D eigenvalue weighted by Gasteiger charge is -0.0596. The Kier molecular flexibility index (Phi) is 0. The lowest BCUT2D eigenvalue weighted by atomic mass is 12.0. The van der Waals surface area contributed by atoms with E-state index in [-0.39, 0.29) is 141 Å². The van der Waals surface area contributed by atoms with Crippen molar-refractivity contribution in [3.05, 3.63) is 0 Å². The van der Waals surface area contributed by atoms with Crippen molar-refractivity contribution in [3.63, 3.8) is 0 Å². The van der Waals surface area contributed by atoms with Crippen molar-refractivity contribution in [1.29, 1.82) is 0 Å². The molecule has 0 rings (SSSR count). The van der Waals surface area contributed by atoms with Crippen molar-refractivity contribution in [2.45, 2.75) is 141 Å². The fourth-order valence-corrected chi connectivity index (χ4v) is 0. The Morgan fingerprint density at radius 3 is 0.0526 bits per heavy atom. The highest BCUT2D eigenvalue weighted by atomic mass is 12.0. The maximum atomic E-state index is 0. The van der Waals surface area contributed by atoms with Crippen molar-refractivity contribution in [2.75, 3.05) is 0 Å². The summed E-state index contributed by atoms with van der Waals surface area (Å²) in [5, 5.41) is 0. The third-order valence-electron chi connectivity index (χ3n) is 0. The molecule has 0 atom stereocenters. The van der Waals surface area contributed by atoms with Gasteiger partial charge in [0.1, 0.15) is 0 Å². The molecule has 0 bridgehead atoms. The van der Waals surface area contributed by atoms with Gasteiger partial charge in [0.25, 0.3) is 0 Å². The summed E-state index contributed by atoms with van der Waals surface area (Å²) in [6, 6.07) is 0. The lowest BCUT2D eigenvalue weighted by Gasteiger charge is -0.0786.